The van der Waals surface area contributed by atoms with Gasteiger partial charge in [0.2, 0.25) is 6.10 Å². The van der Waals surface area contributed by atoms with Crippen molar-refractivity contribution in [2.45, 2.75) is 160 Å². The van der Waals surface area contributed by atoms with Crippen LogP contribution in [0.4, 0.5) is 4.79 Å². The van der Waals surface area contributed by atoms with Crippen LogP contribution in [0, 0.1) is 16.7 Å². The number of rotatable bonds is 10. The zero-order valence-corrected chi connectivity index (χ0v) is 45.8. The minimum atomic E-state index is -2.93. The number of hydrogen-bond donors (Lipinski definition) is 2. The van der Waals surface area contributed by atoms with Crippen LogP contribution < -0.4 is 5.32 Å². The first-order chi connectivity index (χ1) is 34.0. The number of esters is 4. The number of ketones is 1. The number of hydrogen-bond acceptors (Lipinski definition) is 15. The second-order valence-corrected chi connectivity index (χ2v) is 32.1. The van der Waals surface area contributed by atoms with E-state index in [1.807, 2.05) is 13.1 Å². The first-order valence-corrected chi connectivity index (χ1v) is 31.2. The van der Waals surface area contributed by atoms with Crippen LogP contribution in [0.2, 0.25) is 31.9 Å². The van der Waals surface area contributed by atoms with Crippen LogP contribution in [0.3, 0.4) is 0 Å². The van der Waals surface area contributed by atoms with E-state index in [0.717, 1.165) is 0 Å². The quantitative estimate of drug-likeness (QED) is 0.0850. The fraction of sp³-hybridized carbons (Fsp3) is 0.527. The SMILES string of the molecule is CC(=O)O[C@@]12CO[C@@H]1C[C@@H]1O[Si](C)(C)C[Si](C)(C)O[C@H]3C(=O)[C@@]1(C)C2[C@H](OC(=O)c1ccccc1)[C@]1(O)C[C@H](OC(=O)[C@H](OC(=O)c2ccccc2)[C@@H](NC(=O)OC(C)(C)C)c2ccccc2)C(C)=C3C1(C)C. The van der Waals surface area contributed by atoms with E-state index >= 15 is 9.59 Å². The summed E-state index contributed by atoms with van der Waals surface area (Å²) in [5.74, 6) is -5.32. The van der Waals surface area contributed by atoms with E-state index < -0.39 is 135 Å². The van der Waals surface area contributed by atoms with Gasteiger partial charge >= 0.3 is 30.0 Å². The molecule has 0 radical (unpaired) electrons. The summed E-state index contributed by atoms with van der Waals surface area (Å²) < 4.78 is 52.3. The minimum Gasteiger partial charge on any atom is -0.455 e. The second kappa shape index (κ2) is 19.3. The summed E-state index contributed by atoms with van der Waals surface area (Å²) in [4.78, 5) is 87.9. The molecule has 2 N–H and O–H groups in total. The molecule has 0 spiro atoms. The van der Waals surface area contributed by atoms with Gasteiger partial charge in [-0.3, -0.25) is 9.59 Å². The molecule has 2 saturated carbocycles. The number of Topliss-reactive ketones (excluding diaryl/α,β-unsaturated/α-hetero) is 1. The Bertz CT molecular complexity index is 2670. The van der Waals surface area contributed by atoms with Crippen molar-refractivity contribution < 1.29 is 71.1 Å². The molecule has 392 valence electrons. The zero-order valence-electron chi connectivity index (χ0n) is 43.8. The lowest BCUT2D eigenvalue weighted by atomic mass is 9.44. The van der Waals surface area contributed by atoms with Crippen molar-refractivity contribution in [3.63, 3.8) is 0 Å². The van der Waals surface area contributed by atoms with Gasteiger partial charge in [-0.05, 0) is 107 Å². The summed E-state index contributed by atoms with van der Waals surface area (Å²) >= 11 is 0. The smallest absolute Gasteiger partial charge is 0.408 e. The Balaban J connectivity index is 1.35. The van der Waals surface area contributed by atoms with Gasteiger partial charge in [-0.1, -0.05) is 80.6 Å². The highest BCUT2D eigenvalue weighted by molar-refractivity contribution is 6.89. The highest BCUT2D eigenvalue weighted by atomic mass is 28.4. The van der Waals surface area contributed by atoms with E-state index in [2.05, 4.69) is 18.4 Å². The topological polar surface area (TPSA) is 209 Å². The van der Waals surface area contributed by atoms with Gasteiger partial charge in [0, 0.05) is 25.2 Å². The Kier molecular flexibility index (Phi) is 14.2. The van der Waals surface area contributed by atoms with Gasteiger partial charge in [0.05, 0.1) is 35.2 Å². The molecule has 1 unspecified atom stereocenters. The molecule has 11 atom stereocenters. The van der Waals surface area contributed by atoms with Crippen molar-refractivity contribution in [1.29, 1.82) is 0 Å². The molecule has 5 aliphatic rings. The maximum atomic E-state index is 16.5. The van der Waals surface area contributed by atoms with Gasteiger partial charge in [0.1, 0.15) is 41.7 Å². The molecule has 1 amide bonds. The van der Waals surface area contributed by atoms with Crippen molar-refractivity contribution in [1.82, 2.24) is 5.32 Å². The molecule has 2 saturated heterocycles. The van der Waals surface area contributed by atoms with Crippen LogP contribution in [0.5, 0.6) is 0 Å². The molecule has 2 heterocycles. The maximum absolute atomic E-state index is 16.5. The third-order valence-corrected chi connectivity index (χ3v) is 24.1. The van der Waals surface area contributed by atoms with Crippen LogP contribution >= 0.6 is 0 Å². The largest absolute Gasteiger partial charge is 0.455 e. The van der Waals surface area contributed by atoms with Gasteiger partial charge < -0.3 is 47.7 Å². The van der Waals surface area contributed by atoms with Gasteiger partial charge in [-0.2, -0.15) is 0 Å². The van der Waals surface area contributed by atoms with Crippen molar-refractivity contribution in [2.75, 3.05) is 6.61 Å². The van der Waals surface area contributed by atoms with Gasteiger partial charge in [0.15, 0.2) is 28.0 Å². The Morgan fingerprint density at radius 3 is 1.90 bits per heavy atom. The van der Waals surface area contributed by atoms with Crippen LogP contribution in [-0.2, 0) is 51.7 Å². The molecule has 4 bridgehead atoms. The Morgan fingerprint density at radius 1 is 0.795 bits per heavy atom. The van der Waals surface area contributed by atoms with Gasteiger partial charge in [0.25, 0.3) is 0 Å². The molecule has 3 aliphatic carbocycles. The third kappa shape index (κ3) is 9.98. The molecular formula is C55H69NO15Si2. The van der Waals surface area contributed by atoms with E-state index in [-0.39, 0.29) is 24.2 Å². The number of nitrogens with one attached hydrogen (secondary N) is 1. The number of carbonyl (C=O) groups excluding carboxylic acids is 6. The van der Waals surface area contributed by atoms with Crippen molar-refractivity contribution in [3.05, 3.63) is 119 Å². The predicted molar refractivity (Wildman–Crippen MR) is 271 cm³/mol. The number of alkyl carbamates (subject to hydrolysis) is 1. The molecule has 18 heteroatoms. The summed E-state index contributed by atoms with van der Waals surface area (Å²) in [6, 6.07) is 23.2. The molecule has 2 aliphatic heterocycles. The first-order valence-electron chi connectivity index (χ1n) is 25.0. The van der Waals surface area contributed by atoms with Crippen molar-refractivity contribution >= 4 is 52.4 Å². The van der Waals surface area contributed by atoms with E-state index in [0.29, 0.717) is 22.4 Å². The average Bonchev–Trinajstić information content (AvgIpc) is 3.32. The molecule has 73 heavy (non-hydrogen) atoms. The maximum Gasteiger partial charge on any atom is 0.408 e. The summed E-state index contributed by atoms with van der Waals surface area (Å²) in [5, 5.41) is 17.1. The minimum absolute atomic E-state index is 0.105. The number of amides is 1. The lowest BCUT2D eigenvalue weighted by molar-refractivity contribution is -0.344. The van der Waals surface area contributed by atoms with Crippen LogP contribution in [0.25, 0.3) is 0 Å². The Morgan fingerprint density at radius 2 is 1.36 bits per heavy atom. The number of aliphatic hydroxyl groups is 1. The molecule has 16 nitrogen and oxygen atoms in total. The lowest BCUT2D eigenvalue weighted by Gasteiger charge is -2.68. The number of benzene rings is 3. The molecule has 3 aromatic rings. The second-order valence-electron chi connectivity index (χ2n) is 23.2. The summed E-state index contributed by atoms with van der Waals surface area (Å²) in [6.45, 7) is 21.2. The zero-order chi connectivity index (χ0) is 53.3. The summed E-state index contributed by atoms with van der Waals surface area (Å²) in [7, 11) is -5.68. The monoisotopic (exact) mass is 1040 g/mol. The van der Waals surface area contributed by atoms with E-state index in [4.69, 9.17) is 37.3 Å². The Hall–Kier alpha value is -5.51. The number of carbonyl (C=O) groups is 6. The van der Waals surface area contributed by atoms with E-state index in [1.165, 1.54) is 19.1 Å². The molecule has 8 rings (SSSR count). The van der Waals surface area contributed by atoms with E-state index in [1.54, 1.807) is 127 Å². The molecule has 3 aromatic carbocycles. The lowest BCUT2D eigenvalue weighted by Crippen LogP contribution is -2.82. The van der Waals surface area contributed by atoms with Crippen molar-refractivity contribution in [2.24, 2.45) is 16.7 Å². The molecule has 0 aromatic heterocycles. The van der Waals surface area contributed by atoms with Gasteiger partial charge in [-0.25, -0.2) is 19.2 Å². The number of fused-ring (bicyclic) bond motifs is 6. The average molecular weight is 1040 g/mol. The number of ether oxygens (including phenoxy) is 6. The molecule has 4 fully saturated rings. The standard InChI is InChI=1S/C55H69NO15Si2/c1-32-37(65-49(61)43(66-47(59)35-24-18-14-19-25-35)41(34-22-16-13-17-23-34)56-50(62)69-51(3,4)5)29-55(63)46(67-48(60)36-26-20-15-21-27-36)44-53(8)38(28-39-54(44,30-64-39)68-33(2)57)70-72(9,10)31-73(11,12)71-42(45(53)58)40(32)52(55,6)7/h13-27,37-39,41-44,46,63H,28-31H2,1-12H3,(H,56,62)/t37-,38-,39+,41-,42+,43+,44?,46-,53+,54-,55+/m0/s1. The van der Waals surface area contributed by atoms with Crippen LogP contribution in [0.15, 0.2) is 102 Å². The van der Waals surface area contributed by atoms with Crippen LogP contribution in [0.1, 0.15) is 101 Å². The summed E-state index contributed by atoms with van der Waals surface area (Å²) in [6.07, 6.45) is -9.31. The Labute approximate surface area is 429 Å². The normalized spacial score (nSPS) is 31.6. The fourth-order valence-electron chi connectivity index (χ4n) is 12.5. The highest BCUT2D eigenvalue weighted by Gasteiger charge is 2.79. The first kappa shape index (κ1) is 53.8. The third-order valence-electron chi connectivity index (χ3n) is 15.5. The van der Waals surface area contributed by atoms with Crippen LogP contribution in [-0.4, -0.2) is 118 Å². The fourth-order valence-corrected chi connectivity index (χ4v) is 23.3. The van der Waals surface area contributed by atoms with Crippen molar-refractivity contribution in [3.8, 4) is 0 Å². The van der Waals surface area contributed by atoms with E-state index in [9.17, 15) is 24.3 Å². The highest BCUT2D eigenvalue weighted by Crippen LogP contribution is 2.65. The molecular weight excluding hydrogens is 971 g/mol. The van der Waals surface area contributed by atoms with Gasteiger partial charge in [-0.15, -0.1) is 0 Å². The predicted octanol–water partition coefficient (Wildman–Crippen LogP) is 8.14. The summed E-state index contributed by atoms with van der Waals surface area (Å²) in [5.41, 5.74) is -6.23.